The number of hydrogen-bond acceptors (Lipinski definition) is 6. The van der Waals surface area contributed by atoms with Crippen LogP contribution in [0.1, 0.15) is 6.42 Å². The Balaban J connectivity index is 2.73. The topological polar surface area (TPSA) is 88.6 Å². The van der Waals surface area contributed by atoms with E-state index >= 15 is 0 Å². The maximum Gasteiger partial charge on any atom is 0.261 e. The molecule has 114 valence electrons. The van der Waals surface area contributed by atoms with E-state index in [2.05, 4.69) is 4.98 Å². The molecule has 0 saturated heterocycles. The summed E-state index contributed by atoms with van der Waals surface area (Å²) in [6.45, 7) is 1.04. The van der Waals surface area contributed by atoms with Crippen LogP contribution >= 0.6 is 0 Å². The Kier molecular flexibility index (Phi) is 4.64. The van der Waals surface area contributed by atoms with Crippen molar-refractivity contribution >= 4 is 10.9 Å². The predicted octanol–water partition coefficient (Wildman–Crippen LogP) is 0.771. The van der Waals surface area contributed by atoms with Crippen molar-refractivity contribution in [1.29, 1.82) is 0 Å². The zero-order chi connectivity index (χ0) is 15.4. The van der Waals surface area contributed by atoms with Crippen LogP contribution in [0, 0.1) is 0 Å². The van der Waals surface area contributed by atoms with Gasteiger partial charge in [0.15, 0.2) is 11.5 Å². The minimum Gasteiger partial charge on any atom is -0.493 e. The van der Waals surface area contributed by atoms with Gasteiger partial charge in [0.1, 0.15) is 5.52 Å². The highest BCUT2D eigenvalue weighted by atomic mass is 16.5. The van der Waals surface area contributed by atoms with Crippen molar-refractivity contribution in [2.75, 3.05) is 27.9 Å². The van der Waals surface area contributed by atoms with Gasteiger partial charge in [-0.3, -0.25) is 9.36 Å². The third kappa shape index (κ3) is 2.64. The van der Waals surface area contributed by atoms with Gasteiger partial charge >= 0.3 is 0 Å². The minimum atomic E-state index is -0.160. The van der Waals surface area contributed by atoms with Crippen LogP contribution in [0.25, 0.3) is 10.9 Å². The Hall–Kier alpha value is -2.28. The van der Waals surface area contributed by atoms with Crippen molar-refractivity contribution in [1.82, 2.24) is 9.55 Å². The summed E-state index contributed by atoms with van der Waals surface area (Å²) in [6.07, 6.45) is 2.20. The molecule has 7 nitrogen and oxygen atoms in total. The Bertz CT molecular complexity index is 697. The second-order valence-electron chi connectivity index (χ2n) is 4.43. The molecule has 7 heteroatoms. The highest BCUT2D eigenvalue weighted by Gasteiger charge is 2.19. The average molecular weight is 293 g/mol. The molecule has 0 atom stereocenters. The third-order valence-electron chi connectivity index (χ3n) is 3.22. The summed E-state index contributed by atoms with van der Waals surface area (Å²) in [7, 11) is 4.51. The van der Waals surface area contributed by atoms with Gasteiger partial charge in [-0.2, -0.15) is 0 Å². The molecule has 1 aromatic carbocycles. The summed E-state index contributed by atoms with van der Waals surface area (Å²) in [5.74, 6) is 1.23. The molecule has 0 radical (unpaired) electrons. The summed E-state index contributed by atoms with van der Waals surface area (Å²) in [5, 5.41) is 0.420. The van der Waals surface area contributed by atoms with Crippen molar-refractivity contribution in [2.45, 2.75) is 13.0 Å². The van der Waals surface area contributed by atoms with Crippen LogP contribution in [0.4, 0.5) is 0 Å². The first kappa shape index (κ1) is 15.1. The summed E-state index contributed by atoms with van der Waals surface area (Å²) in [6, 6.07) is 1.62. The summed E-state index contributed by atoms with van der Waals surface area (Å²) in [5.41, 5.74) is 5.76. The molecule has 0 fully saturated rings. The molecule has 2 aromatic rings. The molecule has 0 spiro atoms. The van der Waals surface area contributed by atoms with Crippen LogP contribution in [0.5, 0.6) is 17.2 Å². The molecule has 2 N–H and O–H groups in total. The number of rotatable bonds is 6. The Morgan fingerprint density at radius 2 is 1.90 bits per heavy atom. The lowest BCUT2D eigenvalue weighted by Gasteiger charge is -2.14. The number of hydrogen-bond donors (Lipinski definition) is 1. The molecule has 0 aliphatic heterocycles. The van der Waals surface area contributed by atoms with Gasteiger partial charge in [-0.25, -0.2) is 4.98 Å². The number of fused-ring (bicyclic) bond motifs is 1. The molecule has 1 aromatic heterocycles. The standard InChI is InChI=1S/C14H19N3O4/c1-19-10-7-9-11(13(21-3)12(10)20-2)16-8-17(14(9)18)6-4-5-15/h7-8H,4-6,15H2,1-3H3. The average Bonchev–Trinajstić information content (AvgIpc) is 2.52. The molecule has 0 aliphatic carbocycles. The lowest BCUT2D eigenvalue weighted by molar-refractivity contribution is 0.326. The van der Waals surface area contributed by atoms with Crippen molar-refractivity contribution in [2.24, 2.45) is 5.73 Å². The third-order valence-corrected chi connectivity index (χ3v) is 3.22. The fourth-order valence-electron chi connectivity index (χ4n) is 2.19. The summed E-state index contributed by atoms with van der Waals surface area (Å²) >= 11 is 0. The van der Waals surface area contributed by atoms with E-state index in [-0.39, 0.29) is 5.56 Å². The zero-order valence-electron chi connectivity index (χ0n) is 12.4. The van der Waals surface area contributed by atoms with Crippen molar-refractivity contribution in [3.8, 4) is 17.2 Å². The van der Waals surface area contributed by atoms with Crippen LogP contribution < -0.4 is 25.5 Å². The number of benzene rings is 1. The van der Waals surface area contributed by atoms with Crippen LogP contribution in [0.3, 0.4) is 0 Å². The zero-order valence-corrected chi connectivity index (χ0v) is 12.4. The monoisotopic (exact) mass is 293 g/mol. The number of ether oxygens (including phenoxy) is 3. The van der Waals surface area contributed by atoms with Crippen LogP contribution in [0.2, 0.25) is 0 Å². The van der Waals surface area contributed by atoms with E-state index in [0.717, 1.165) is 0 Å². The van der Waals surface area contributed by atoms with E-state index in [1.165, 1.54) is 32.2 Å². The molecule has 1 heterocycles. The van der Waals surface area contributed by atoms with Gasteiger partial charge < -0.3 is 19.9 Å². The van der Waals surface area contributed by atoms with Crippen molar-refractivity contribution < 1.29 is 14.2 Å². The molecular weight excluding hydrogens is 274 g/mol. The fraction of sp³-hybridized carbons (Fsp3) is 0.429. The largest absolute Gasteiger partial charge is 0.493 e. The van der Waals surface area contributed by atoms with Gasteiger partial charge in [0.05, 0.1) is 33.0 Å². The first-order valence-corrected chi connectivity index (χ1v) is 6.56. The number of nitrogens with two attached hydrogens (primary N) is 1. The highest BCUT2D eigenvalue weighted by molar-refractivity contribution is 5.89. The first-order chi connectivity index (χ1) is 10.2. The van der Waals surface area contributed by atoms with E-state index in [1.807, 2.05) is 0 Å². The molecule has 0 unspecified atom stereocenters. The van der Waals surface area contributed by atoms with E-state index in [4.69, 9.17) is 19.9 Å². The quantitative estimate of drug-likeness (QED) is 0.846. The molecular formula is C14H19N3O4. The Morgan fingerprint density at radius 3 is 2.48 bits per heavy atom. The second kappa shape index (κ2) is 6.45. The first-order valence-electron chi connectivity index (χ1n) is 6.56. The maximum absolute atomic E-state index is 12.5. The van der Waals surface area contributed by atoms with Crippen LogP contribution in [0.15, 0.2) is 17.2 Å². The molecule has 0 saturated carbocycles. The van der Waals surface area contributed by atoms with Gasteiger partial charge in [0.25, 0.3) is 5.56 Å². The molecule has 21 heavy (non-hydrogen) atoms. The molecule has 2 rings (SSSR count). The molecule has 0 amide bonds. The fourth-order valence-corrected chi connectivity index (χ4v) is 2.19. The maximum atomic E-state index is 12.5. The highest BCUT2D eigenvalue weighted by Crippen LogP contribution is 2.41. The predicted molar refractivity (Wildman–Crippen MR) is 79.3 cm³/mol. The number of aromatic nitrogens is 2. The minimum absolute atomic E-state index is 0.160. The number of nitrogens with zero attached hydrogens (tertiary/aromatic N) is 2. The van der Waals surface area contributed by atoms with Gasteiger partial charge in [-0.1, -0.05) is 0 Å². The Morgan fingerprint density at radius 1 is 1.19 bits per heavy atom. The van der Waals surface area contributed by atoms with Gasteiger partial charge in [-0.15, -0.1) is 0 Å². The van der Waals surface area contributed by atoms with Gasteiger partial charge in [-0.05, 0) is 19.0 Å². The lowest BCUT2D eigenvalue weighted by atomic mass is 10.2. The van der Waals surface area contributed by atoms with Gasteiger partial charge in [0.2, 0.25) is 5.75 Å². The van der Waals surface area contributed by atoms with E-state index in [9.17, 15) is 4.79 Å². The number of aryl methyl sites for hydroxylation is 1. The van der Waals surface area contributed by atoms with Gasteiger partial charge in [0, 0.05) is 6.54 Å². The summed E-state index contributed by atoms with van der Waals surface area (Å²) in [4.78, 5) is 16.8. The van der Waals surface area contributed by atoms with Crippen molar-refractivity contribution in [3.05, 3.63) is 22.7 Å². The van der Waals surface area contributed by atoms with Crippen molar-refractivity contribution in [3.63, 3.8) is 0 Å². The SMILES string of the molecule is COc1cc2c(=O)n(CCCN)cnc2c(OC)c1OC. The normalized spacial score (nSPS) is 10.7. The van der Waals surface area contributed by atoms with E-state index in [0.29, 0.717) is 47.7 Å². The summed E-state index contributed by atoms with van der Waals surface area (Å²) < 4.78 is 17.4. The molecule has 0 bridgehead atoms. The second-order valence-corrected chi connectivity index (χ2v) is 4.43. The van der Waals surface area contributed by atoms with E-state index < -0.39 is 0 Å². The molecule has 0 aliphatic rings. The van der Waals surface area contributed by atoms with E-state index in [1.54, 1.807) is 6.07 Å². The lowest BCUT2D eigenvalue weighted by Crippen LogP contribution is -2.22. The smallest absolute Gasteiger partial charge is 0.261 e. The number of methoxy groups -OCH3 is 3. The van der Waals surface area contributed by atoms with Crippen LogP contribution in [-0.2, 0) is 6.54 Å². The Labute approximate surface area is 122 Å². The van der Waals surface area contributed by atoms with Crippen LogP contribution in [-0.4, -0.2) is 37.4 Å².